The van der Waals surface area contributed by atoms with E-state index in [0.29, 0.717) is 30.5 Å². The van der Waals surface area contributed by atoms with Crippen LogP contribution >= 0.6 is 0 Å². The van der Waals surface area contributed by atoms with Gasteiger partial charge < -0.3 is 53.7 Å². The summed E-state index contributed by atoms with van der Waals surface area (Å²) in [6.45, 7) is 3.60. The van der Waals surface area contributed by atoms with Crippen molar-refractivity contribution in [3.05, 3.63) is 72.2 Å². The molecule has 21 nitrogen and oxygen atoms in total. The second kappa shape index (κ2) is 21.0. The van der Waals surface area contributed by atoms with E-state index in [-0.39, 0.29) is 38.3 Å². The minimum Gasteiger partial charge on any atom is -0.370 e. The Morgan fingerprint density at radius 2 is 1.62 bits per heavy atom. The molecule has 3 aliphatic rings. The first kappa shape index (κ1) is 46.6. The van der Waals surface area contributed by atoms with Gasteiger partial charge in [0.25, 0.3) is 0 Å². The summed E-state index contributed by atoms with van der Waals surface area (Å²) in [5.41, 5.74) is 19.4. The zero-order valence-electron chi connectivity index (χ0n) is 35.8. The Balaban J connectivity index is 1.38. The molecule has 0 spiro atoms. The lowest BCUT2D eigenvalue weighted by atomic mass is 9.96. The monoisotopic (exact) mass is 883 g/mol. The third-order valence-corrected chi connectivity index (χ3v) is 12.0. The maximum absolute atomic E-state index is 14.9. The van der Waals surface area contributed by atoms with Gasteiger partial charge in [-0.25, -0.2) is 4.68 Å². The number of hydrogen-bond donors (Lipinski definition) is 9. The lowest BCUT2D eigenvalue weighted by Crippen LogP contribution is -2.60. The largest absolute Gasteiger partial charge is 0.370 e. The third kappa shape index (κ3) is 11.4. The molecule has 6 rings (SSSR count). The number of hydrogen-bond acceptors (Lipinski definition) is 11. The zero-order valence-corrected chi connectivity index (χ0v) is 35.8. The second-order valence-corrected chi connectivity index (χ2v) is 16.7. The van der Waals surface area contributed by atoms with Crippen molar-refractivity contribution in [1.82, 2.24) is 51.5 Å². The van der Waals surface area contributed by atoms with Gasteiger partial charge in [0.05, 0.1) is 30.6 Å². The molecule has 0 unspecified atom stereocenters. The molecule has 2 aromatic heterocycles. The van der Waals surface area contributed by atoms with Crippen molar-refractivity contribution in [1.29, 1.82) is 0 Å². The number of aromatic amines is 1. The van der Waals surface area contributed by atoms with Gasteiger partial charge in [-0.15, -0.1) is 5.10 Å². The van der Waals surface area contributed by atoms with Crippen molar-refractivity contribution >= 4 is 58.2 Å². The first-order valence-electron chi connectivity index (χ1n) is 21.6. The molecule has 1 aliphatic carbocycles. The van der Waals surface area contributed by atoms with Crippen LogP contribution in [-0.4, -0.2) is 121 Å². The van der Waals surface area contributed by atoms with Crippen molar-refractivity contribution in [2.45, 2.75) is 113 Å². The molecule has 2 saturated heterocycles. The fraction of sp³-hybridized carbons (Fsp3) is 0.488. The summed E-state index contributed by atoms with van der Waals surface area (Å²) in [4.78, 5) is 113. The molecule has 3 aromatic rings. The van der Waals surface area contributed by atoms with E-state index in [0.717, 1.165) is 10.9 Å². The predicted octanol–water partition coefficient (Wildman–Crippen LogP) is -1.28. The normalized spacial score (nSPS) is 26.4. The van der Waals surface area contributed by atoms with Crippen LogP contribution in [0.25, 0.3) is 10.9 Å². The van der Waals surface area contributed by atoms with Gasteiger partial charge in [0.2, 0.25) is 47.3 Å². The molecule has 1 aromatic carbocycles. The summed E-state index contributed by atoms with van der Waals surface area (Å²) in [7, 11) is 0. The maximum Gasteiger partial charge on any atom is 0.246 e. The van der Waals surface area contributed by atoms with Gasteiger partial charge in [-0.05, 0) is 36.8 Å². The molecule has 2 aliphatic heterocycles. The summed E-state index contributed by atoms with van der Waals surface area (Å²) < 4.78 is 1.59. The summed E-state index contributed by atoms with van der Waals surface area (Å²) in [6, 6.07) is -1.07. The number of amides is 8. The maximum atomic E-state index is 14.9. The van der Waals surface area contributed by atoms with Crippen molar-refractivity contribution in [2.24, 2.45) is 23.1 Å². The molecule has 0 saturated carbocycles. The molecule has 4 heterocycles. The highest BCUT2D eigenvalue weighted by atomic mass is 16.2. The molecule has 2 fully saturated rings. The van der Waals surface area contributed by atoms with Gasteiger partial charge >= 0.3 is 0 Å². The zero-order chi connectivity index (χ0) is 46.1. The predicted molar refractivity (Wildman–Crippen MR) is 232 cm³/mol. The van der Waals surface area contributed by atoms with E-state index in [1.807, 2.05) is 48.6 Å². The number of carbonyl (C=O) groups excluding carboxylic acids is 8. The van der Waals surface area contributed by atoms with E-state index in [4.69, 9.17) is 17.2 Å². The Kier molecular flexibility index (Phi) is 15.3. The molecular weight excluding hydrogens is 827 g/mol. The van der Waals surface area contributed by atoms with E-state index in [9.17, 15) is 38.4 Å². The Bertz CT molecular complexity index is 2290. The highest BCUT2D eigenvalue weighted by Crippen LogP contribution is 2.31. The highest BCUT2D eigenvalue weighted by molar-refractivity contribution is 5.99. The van der Waals surface area contributed by atoms with Crippen LogP contribution < -0.4 is 43.8 Å². The van der Waals surface area contributed by atoms with Gasteiger partial charge in [0, 0.05) is 55.1 Å². The molecule has 21 heteroatoms. The SMILES string of the molecule is CC[C@H](C)[C@@H]1NC(=O)[C@H](CC(N)=O)NC(=O)[C@@H](N)CC(=O)NCCCC[C@@H](C(N)=O)NC(=O)[C@H](Cc2c[nH]c3ccccc23)NC(=O)[C@@H]2C[C@H](n3cc(C4C=CC=C4)nn3)CN2C1=O. The Hall–Kier alpha value is -6.90. The van der Waals surface area contributed by atoms with Crippen molar-refractivity contribution in [3.63, 3.8) is 0 Å². The first-order chi connectivity index (χ1) is 30.6. The van der Waals surface area contributed by atoms with Crippen molar-refractivity contribution < 1.29 is 38.4 Å². The number of primary amides is 2. The summed E-state index contributed by atoms with van der Waals surface area (Å²) >= 11 is 0. The first-order valence-corrected chi connectivity index (χ1v) is 21.6. The smallest absolute Gasteiger partial charge is 0.246 e. The van der Waals surface area contributed by atoms with E-state index >= 15 is 0 Å². The summed E-state index contributed by atoms with van der Waals surface area (Å²) in [5, 5.41) is 22.9. The number of nitrogens with zero attached hydrogens (tertiary/aromatic N) is 4. The standard InChI is InChI=1S/C43H57N13O8/c1-3-23(2)37-43(64)55-21-26(56-22-33(53-54-56)24-10-4-5-11-24)17-34(55)42(63)51-31(16-25-20-48-29-13-7-6-12-27(25)29)40(61)49-30(38(46)59)14-8-9-15-47-36(58)18-28(44)39(60)50-32(19-35(45)57)41(62)52-37/h4-7,10-13,20,22-24,26,28,30-32,34,37,48H,3,8-9,14-19,21,44H2,1-2H3,(H2,45,57)(H2,46,59)(H,47,58)(H,49,61)(H,50,60)(H,51,63)(H,52,62)/t23-,26-,28-,30-,31-,32-,34-,37-/m0/s1. The molecular formula is C43H57N13O8. The van der Waals surface area contributed by atoms with Crippen LogP contribution in [0, 0.1) is 5.92 Å². The molecule has 8 amide bonds. The van der Waals surface area contributed by atoms with Crippen LogP contribution in [0.5, 0.6) is 0 Å². The lowest BCUT2D eigenvalue weighted by molar-refractivity contribution is -0.143. The second-order valence-electron chi connectivity index (χ2n) is 16.7. The fourth-order valence-corrected chi connectivity index (χ4v) is 8.17. The molecule has 342 valence electrons. The number of nitrogens with one attached hydrogen (secondary N) is 6. The Morgan fingerprint density at radius 3 is 2.34 bits per heavy atom. The van der Waals surface area contributed by atoms with Crippen molar-refractivity contribution in [2.75, 3.05) is 13.1 Å². The lowest BCUT2D eigenvalue weighted by Gasteiger charge is -2.33. The van der Waals surface area contributed by atoms with Gasteiger partial charge in [0.1, 0.15) is 30.2 Å². The molecule has 0 bridgehead atoms. The van der Waals surface area contributed by atoms with Crippen molar-refractivity contribution in [3.8, 4) is 0 Å². The number of aromatic nitrogens is 4. The molecule has 64 heavy (non-hydrogen) atoms. The minimum atomic E-state index is -1.57. The average Bonchev–Trinajstić information content (AvgIpc) is 4.10. The average molecular weight is 884 g/mol. The number of para-hydroxylation sites is 1. The minimum absolute atomic E-state index is 0.0152. The summed E-state index contributed by atoms with van der Waals surface area (Å²) in [6.07, 6.45) is 11.2. The topological polar surface area (TPSA) is 325 Å². The van der Waals surface area contributed by atoms with Gasteiger partial charge in [-0.3, -0.25) is 38.4 Å². The van der Waals surface area contributed by atoms with Crippen LogP contribution in [0.1, 0.15) is 82.0 Å². The number of rotatable bonds is 9. The molecule has 12 N–H and O–H groups in total. The van der Waals surface area contributed by atoms with Gasteiger partial charge in [-0.1, -0.05) is 68.0 Å². The van der Waals surface area contributed by atoms with E-state index in [2.05, 4.69) is 41.9 Å². The Morgan fingerprint density at radius 1 is 0.906 bits per heavy atom. The van der Waals surface area contributed by atoms with Crippen LogP contribution in [-0.2, 0) is 44.8 Å². The van der Waals surface area contributed by atoms with Crippen LogP contribution in [0.3, 0.4) is 0 Å². The van der Waals surface area contributed by atoms with Crippen LogP contribution in [0.4, 0.5) is 0 Å². The number of H-pyrrole nitrogens is 1. The third-order valence-electron chi connectivity index (χ3n) is 12.0. The van der Waals surface area contributed by atoms with Gasteiger partial charge in [0.15, 0.2) is 0 Å². The van der Waals surface area contributed by atoms with E-state index in [1.54, 1.807) is 30.9 Å². The number of fused-ring (bicyclic) bond motifs is 2. The number of carbonyl (C=O) groups is 8. The van der Waals surface area contributed by atoms with E-state index < -0.39 is 108 Å². The quantitative estimate of drug-likeness (QED) is 0.122. The number of nitrogens with two attached hydrogens (primary N) is 3. The summed E-state index contributed by atoms with van der Waals surface area (Å²) in [5.74, 6) is -6.87. The van der Waals surface area contributed by atoms with E-state index in [1.165, 1.54) is 4.90 Å². The Labute approximate surface area is 369 Å². The fourth-order valence-electron chi connectivity index (χ4n) is 8.17. The van der Waals surface area contributed by atoms with Crippen LogP contribution in [0.15, 0.2) is 61.0 Å². The highest BCUT2D eigenvalue weighted by Gasteiger charge is 2.45. The van der Waals surface area contributed by atoms with Gasteiger partial charge in [-0.2, -0.15) is 0 Å². The number of allylic oxidation sites excluding steroid dienone is 4. The number of benzene rings is 1. The molecule has 8 atom stereocenters. The molecule has 0 radical (unpaired) electrons. The van der Waals surface area contributed by atoms with Crippen LogP contribution in [0.2, 0.25) is 0 Å².